The van der Waals surface area contributed by atoms with Crippen LogP contribution >= 0.6 is 11.6 Å². The summed E-state index contributed by atoms with van der Waals surface area (Å²) in [4.78, 5) is 20.4. The van der Waals surface area contributed by atoms with Gasteiger partial charge in [0.1, 0.15) is 5.15 Å². The summed E-state index contributed by atoms with van der Waals surface area (Å²) >= 11 is 5.82. The second kappa shape index (κ2) is 5.75. The standard InChI is InChI=1S/C13H19ClN4O/c1-9(2)17-3-5-18(6-4-17)13(19)10-7-12(14)16-8-11(10)15/h7-9H,3-6,15H2,1-2H3. The van der Waals surface area contributed by atoms with E-state index in [1.807, 2.05) is 4.90 Å². The van der Waals surface area contributed by atoms with Gasteiger partial charge in [-0.1, -0.05) is 11.6 Å². The first-order chi connectivity index (χ1) is 8.99. The van der Waals surface area contributed by atoms with Gasteiger partial charge in [0, 0.05) is 32.2 Å². The molecule has 1 aliphatic heterocycles. The summed E-state index contributed by atoms with van der Waals surface area (Å²) in [6, 6.07) is 2.05. The predicted octanol–water partition coefficient (Wildman–Crippen LogP) is 1.48. The van der Waals surface area contributed by atoms with E-state index in [1.165, 1.54) is 12.3 Å². The highest BCUT2D eigenvalue weighted by Crippen LogP contribution is 2.18. The Bertz CT molecular complexity index is 470. The summed E-state index contributed by atoms with van der Waals surface area (Å²) in [5.41, 5.74) is 6.61. The van der Waals surface area contributed by atoms with E-state index >= 15 is 0 Å². The van der Waals surface area contributed by atoms with Crippen LogP contribution in [0.5, 0.6) is 0 Å². The van der Waals surface area contributed by atoms with Crippen molar-refractivity contribution in [3.63, 3.8) is 0 Å². The number of hydrogen-bond acceptors (Lipinski definition) is 4. The number of pyridine rings is 1. The van der Waals surface area contributed by atoms with Crippen LogP contribution in [0.3, 0.4) is 0 Å². The van der Waals surface area contributed by atoms with Crippen LogP contribution in [-0.4, -0.2) is 52.9 Å². The van der Waals surface area contributed by atoms with Gasteiger partial charge < -0.3 is 10.6 Å². The summed E-state index contributed by atoms with van der Waals surface area (Å²) in [6.45, 7) is 7.55. The van der Waals surface area contributed by atoms with Gasteiger partial charge in [0.05, 0.1) is 17.4 Å². The number of rotatable bonds is 2. The highest BCUT2D eigenvalue weighted by molar-refractivity contribution is 6.29. The molecular weight excluding hydrogens is 264 g/mol. The molecule has 0 bridgehead atoms. The first-order valence-electron chi connectivity index (χ1n) is 6.43. The molecule has 0 aromatic carbocycles. The number of anilines is 1. The summed E-state index contributed by atoms with van der Waals surface area (Å²) in [5.74, 6) is -0.0646. The van der Waals surface area contributed by atoms with E-state index in [-0.39, 0.29) is 5.91 Å². The Morgan fingerprint density at radius 1 is 1.37 bits per heavy atom. The fraction of sp³-hybridized carbons (Fsp3) is 0.538. The van der Waals surface area contributed by atoms with Crippen LogP contribution in [0, 0.1) is 0 Å². The van der Waals surface area contributed by atoms with E-state index in [1.54, 1.807) is 0 Å². The zero-order chi connectivity index (χ0) is 14.0. The molecule has 0 unspecified atom stereocenters. The van der Waals surface area contributed by atoms with Crippen LogP contribution in [0.15, 0.2) is 12.3 Å². The lowest BCUT2D eigenvalue weighted by Crippen LogP contribution is -2.50. The lowest BCUT2D eigenvalue weighted by atomic mass is 10.1. The van der Waals surface area contributed by atoms with Crippen LogP contribution in [0.1, 0.15) is 24.2 Å². The summed E-state index contributed by atoms with van der Waals surface area (Å²) in [7, 11) is 0. The van der Waals surface area contributed by atoms with Gasteiger partial charge in [0.25, 0.3) is 5.91 Å². The lowest BCUT2D eigenvalue weighted by molar-refractivity contribution is 0.0596. The molecule has 2 N–H and O–H groups in total. The van der Waals surface area contributed by atoms with Crippen molar-refractivity contribution in [2.45, 2.75) is 19.9 Å². The van der Waals surface area contributed by atoms with Gasteiger partial charge in [-0.25, -0.2) is 4.98 Å². The molecule has 5 nitrogen and oxygen atoms in total. The smallest absolute Gasteiger partial charge is 0.256 e. The number of aromatic nitrogens is 1. The molecule has 0 aliphatic carbocycles. The van der Waals surface area contributed by atoms with Crippen LogP contribution in [0.25, 0.3) is 0 Å². The lowest BCUT2D eigenvalue weighted by Gasteiger charge is -2.37. The van der Waals surface area contributed by atoms with Gasteiger partial charge in [0.15, 0.2) is 0 Å². The third-order valence-electron chi connectivity index (χ3n) is 3.46. The predicted molar refractivity (Wildman–Crippen MR) is 76.3 cm³/mol. The Kier molecular flexibility index (Phi) is 4.27. The fourth-order valence-electron chi connectivity index (χ4n) is 2.24. The van der Waals surface area contributed by atoms with Crippen molar-refractivity contribution >= 4 is 23.2 Å². The zero-order valence-electron chi connectivity index (χ0n) is 11.3. The first kappa shape index (κ1) is 14.1. The molecule has 0 spiro atoms. The second-order valence-electron chi connectivity index (χ2n) is 5.02. The molecule has 104 valence electrons. The van der Waals surface area contributed by atoms with Crippen molar-refractivity contribution < 1.29 is 4.79 Å². The molecule has 6 heteroatoms. The third kappa shape index (κ3) is 3.16. The van der Waals surface area contributed by atoms with Crippen LogP contribution in [0.2, 0.25) is 5.15 Å². The van der Waals surface area contributed by atoms with Crippen molar-refractivity contribution in [3.8, 4) is 0 Å². The van der Waals surface area contributed by atoms with Crippen LogP contribution in [-0.2, 0) is 0 Å². The Morgan fingerprint density at radius 2 is 2.00 bits per heavy atom. The molecule has 19 heavy (non-hydrogen) atoms. The van der Waals surface area contributed by atoms with Crippen molar-refractivity contribution in [1.82, 2.24) is 14.8 Å². The fourth-order valence-corrected chi connectivity index (χ4v) is 2.40. The molecule has 1 aromatic rings. The van der Waals surface area contributed by atoms with Crippen LogP contribution in [0.4, 0.5) is 5.69 Å². The maximum absolute atomic E-state index is 12.4. The Morgan fingerprint density at radius 3 is 2.58 bits per heavy atom. The first-order valence-corrected chi connectivity index (χ1v) is 6.81. The Balaban J connectivity index is 2.07. The highest BCUT2D eigenvalue weighted by Gasteiger charge is 2.24. The topological polar surface area (TPSA) is 62.5 Å². The van der Waals surface area contributed by atoms with Gasteiger partial charge in [-0.3, -0.25) is 9.69 Å². The number of nitrogens with two attached hydrogens (primary N) is 1. The minimum absolute atomic E-state index is 0.0646. The van der Waals surface area contributed by atoms with E-state index in [4.69, 9.17) is 17.3 Å². The molecule has 1 amide bonds. The summed E-state index contributed by atoms with van der Waals surface area (Å²) in [5, 5.41) is 0.290. The number of piperazine rings is 1. The molecule has 1 fully saturated rings. The Hall–Kier alpha value is -1.33. The van der Waals surface area contributed by atoms with Crippen molar-refractivity contribution in [2.75, 3.05) is 31.9 Å². The molecule has 1 saturated heterocycles. The summed E-state index contributed by atoms with van der Waals surface area (Å²) < 4.78 is 0. The molecule has 0 saturated carbocycles. The van der Waals surface area contributed by atoms with Crippen molar-refractivity contribution in [3.05, 3.63) is 23.0 Å². The number of nitrogens with zero attached hydrogens (tertiary/aromatic N) is 3. The van der Waals surface area contributed by atoms with Gasteiger partial charge >= 0.3 is 0 Å². The minimum Gasteiger partial charge on any atom is -0.397 e. The number of nitrogen functional groups attached to an aromatic ring is 1. The quantitative estimate of drug-likeness (QED) is 0.835. The van der Waals surface area contributed by atoms with E-state index in [9.17, 15) is 4.79 Å². The van der Waals surface area contributed by atoms with Gasteiger partial charge in [-0.2, -0.15) is 0 Å². The van der Waals surface area contributed by atoms with E-state index in [0.717, 1.165) is 26.2 Å². The number of amides is 1. The third-order valence-corrected chi connectivity index (χ3v) is 3.67. The molecule has 0 atom stereocenters. The number of carbonyl (C=O) groups is 1. The molecule has 1 aliphatic rings. The Labute approximate surface area is 118 Å². The largest absolute Gasteiger partial charge is 0.397 e. The normalized spacial score (nSPS) is 16.9. The molecular formula is C13H19ClN4O. The second-order valence-corrected chi connectivity index (χ2v) is 5.40. The molecule has 2 rings (SSSR count). The monoisotopic (exact) mass is 282 g/mol. The van der Waals surface area contributed by atoms with E-state index in [2.05, 4.69) is 23.7 Å². The molecule has 2 heterocycles. The van der Waals surface area contributed by atoms with Crippen molar-refractivity contribution in [1.29, 1.82) is 0 Å². The van der Waals surface area contributed by atoms with Gasteiger partial charge in [-0.05, 0) is 19.9 Å². The van der Waals surface area contributed by atoms with Gasteiger partial charge in [0.2, 0.25) is 0 Å². The SMILES string of the molecule is CC(C)N1CCN(C(=O)c2cc(Cl)ncc2N)CC1. The number of carbonyl (C=O) groups excluding carboxylic acids is 1. The summed E-state index contributed by atoms with van der Waals surface area (Å²) in [6.07, 6.45) is 1.43. The average Bonchev–Trinajstić information content (AvgIpc) is 2.41. The maximum atomic E-state index is 12.4. The zero-order valence-corrected chi connectivity index (χ0v) is 12.0. The van der Waals surface area contributed by atoms with Gasteiger partial charge in [-0.15, -0.1) is 0 Å². The molecule has 1 aromatic heterocycles. The molecule has 0 radical (unpaired) electrons. The maximum Gasteiger partial charge on any atom is 0.256 e. The van der Waals surface area contributed by atoms with Crippen molar-refractivity contribution in [2.24, 2.45) is 0 Å². The van der Waals surface area contributed by atoms with E-state index < -0.39 is 0 Å². The average molecular weight is 283 g/mol. The number of hydrogen-bond donors (Lipinski definition) is 1. The number of halogens is 1. The minimum atomic E-state index is -0.0646. The van der Waals surface area contributed by atoms with Crippen LogP contribution < -0.4 is 5.73 Å². The highest BCUT2D eigenvalue weighted by atomic mass is 35.5. The van der Waals surface area contributed by atoms with E-state index in [0.29, 0.717) is 22.4 Å².